The van der Waals surface area contributed by atoms with E-state index >= 15 is 0 Å². The molecule has 1 heterocycles. The van der Waals surface area contributed by atoms with E-state index in [4.69, 9.17) is 0 Å². The Morgan fingerprint density at radius 3 is 1.78 bits per heavy atom. The molecule has 0 fully saturated rings. The van der Waals surface area contributed by atoms with Gasteiger partial charge in [0.05, 0.1) is 0 Å². The Kier molecular flexibility index (Phi) is 6.54. The molecule has 1 nitrogen and oxygen atoms in total. The fraction of sp³-hybridized carbons (Fsp3) is 0. The molecule has 0 bridgehead atoms. The Morgan fingerprint density at radius 1 is 1.22 bits per heavy atom. The average molecular weight is 184 g/mol. The summed E-state index contributed by atoms with van der Waals surface area (Å²) in [7, 11) is 0. The van der Waals surface area contributed by atoms with E-state index in [1.54, 1.807) is 12.4 Å². The number of nitrogens with zero attached hydrogens (tertiary/aromatic N) is 1. The van der Waals surface area contributed by atoms with Gasteiger partial charge in [0.25, 0.3) is 0 Å². The van der Waals surface area contributed by atoms with Crippen molar-refractivity contribution in [2.75, 3.05) is 0 Å². The van der Waals surface area contributed by atoms with Gasteiger partial charge >= 0.3 is 0 Å². The molecule has 0 aliphatic carbocycles. The zero-order chi connectivity index (χ0) is 6.95. The van der Waals surface area contributed by atoms with Crippen LogP contribution in [0, 0.1) is 11.3 Å². The lowest BCUT2D eigenvalue weighted by Gasteiger charge is -1.70. The molecule has 46 valence electrons. The van der Waals surface area contributed by atoms with Crippen molar-refractivity contribution >= 4 is 15.9 Å². The number of hydrogen-bond acceptors (Lipinski definition) is 1. The first-order chi connectivity index (χ1) is 4.41. The molecular weight excluding hydrogens is 178 g/mol. The summed E-state index contributed by atoms with van der Waals surface area (Å²) in [5.74, 6) is 0. The molecule has 0 atom stereocenters. The zero-order valence-corrected chi connectivity index (χ0v) is 6.38. The first kappa shape index (κ1) is 8.19. The van der Waals surface area contributed by atoms with Crippen molar-refractivity contribution in [1.29, 1.82) is 0 Å². The van der Waals surface area contributed by atoms with Crippen LogP contribution in [0.3, 0.4) is 0 Å². The lowest BCUT2D eigenvalue weighted by molar-refractivity contribution is 1.33. The molecule has 0 amide bonds. The molecule has 0 unspecified atom stereocenters. The van der Waals surface area contributed by atoms with Crippen LogP contribution in [0.4, 0.5) is 0 Å². The highest BCUT2D eigenvalue weighted by atomic mass is 79.9. The minimum absolute atomic E-state index is 1.75. The second kappa shape index (κ2) is 7.19. The minimum Gasteiger partial charge on any atom is -0.265 e. The maximum atomic E-state index is 4.51. The summed E-state index contributed by atoms with van der Waals surface area (Å²) in [5, 5.41) is 0. The SMILES string of the molecule is C#CBr.c1ccncc1. The van der Waals surface area contributed by atoms with E-state index in [-0.39, 0.29) is 0 Å². The molecule has 1 aromatic rings. The number of halogens is 1. The highest BCUT2D eigenvalue weighted by molar-refractivity contribution is 9.12. The van der Waals surface area contributed by atoms with Crippen LogP contribution in [-0.2, 0) is 0 Å². The summed E-state index contributed by atoms with van der Waals surface area (Å²) in [6.07, 6.45) is 8.01. The van der Waals surface area contributed by atoms with Crippen molar-refractivity contribution in [3.63, 3.8) is 0 Å². The van der Waals surface area contributed by atoms with Crippen LogP contribution in [0.25, 0.3) is 0 Å². The molecule has 0 aliphatic heterocycles. The summed E-state index contributed by atoms with van der Waals surface area (Å²) in [4.78, 5) is 5.85. The van der Waals surface area contributed by atoms with Crippen molar-refractivity contribution in [2.24, 2.45) is 0 Å². The fourth-order valence-electron chi connectivity index (χ4n) is 0.313. The lowest BCUT2D eigenvalue weighted by Crippen LogP contribution is -1.58. The maximum Gasteiger partial charge on any atom is 0.0267 e. The van der Waals surface area contributed by atoms with Gasteiger partial charge in [0.2, 0.25) is 0 Å². The highest BCUT2D eigenvalue weighted by Crippen LogP contribution is 1.73. The average Bonchev–Trinajstić information content (AvgIpc) is 1.93. The molecule has 0 saturated carbocycles. The first-order valence-electron chi connectivity index (χ1n) is 2.33. The van der Waals surface area contributed by atoms with Gasteiger partial charge in [0.1, 0.15) is 0 Å². The first-order valence-corrected chi connectivity index (χ1v) is 3.12. The molecule has 2 heteroatoms. The van der Waals surface area contributed by atoms with Gasteiger partial charge in [-0.3, -0.25) is 4.98 Å². The van der Waals surface area contributed by atoms with E-state index in [9.17, 15) is 0 Å². The van der Waals surface area contributed by atoms with Gasteiger partial charge in [0, 0.05) is 28.3 Å². The Morgan fingerprint density at radius 2 is 1.67 bits per heavy atom. The number of aromatic nitrogens is 1. The van der Waals surface area contributed by atoms with E-state index in [2.05, 4.69) is 32.2 Å². The van der Waals surface area contributed by atoms with Crippen molar-refractivity contribution in [3.05, 3.63) is 30.6 Å². The van der Waals surface area contributed by atoms with Crippen LogP contribution in [-0.4, -0.2) is 4.98 Å². The van der Waals surface area contributed by atoms with E-state index < -0.39 is 0 Å². The topological polar surface area (TPSA) is 12.9 Å². The summed E-state index contributed by atoms with van der Waals surface area (Å²) in [5.41, 5.74) is 0. The summed E-state index contributed by atoms with van der Waals surface area (Å²) in [6.45, 7) is 0. The standard InChI is InChI=1S/C5H5N.C2HBr/c1-2-4-6-5-3-1;1-2-3/h1-5H;1H. The van der Waals surface area contributed by atoms with E-state index in [0.717, 1.165) is 0 Å². The van der Waals surface area contributed by atoms with Crippen molar-refractivity contribution in [1.82, 2.24) is 4.98 Å². The van der Waals surface area contributed by atoms with E-state index in [1.165, 1.54) is 0 Å². The zero-order valence-electron chi connectivity index (χ0n) is 4.79. The number of rotatable bonds is 0. The normalized spacial score (nSPS) is 6.22. The summed E-state index contributed by atoms with van der Waals surface area (Å²) >= 11 is 2.67. The Hall–Kier alpha value is -0.810. The Bertz CT molecular complexity index is 139. The van der Waals surface area contributed by atoms with E-state index in [0.29, 0.717) is 0 Å². The second-order valence-corrected chi connectivity index (χ2v) is 1.59. The molecule has 0 saturated heterocycles. The van der Waals surface area contributed by atoms with Crippen LogP contribution in [0.1, 0.15) is 0 Å². The molecule has 1 rings (SSSR count). The monoisotopic (exact) mass is 183 g/mol. The second-order valence-electron chi connectivity index (χ2n) is 1.13. The van der Waals surface area contributed by atoms with Crippen LogP contribution >= 0.6 is 15.9 Å². The van der Waals surface area contributed by atoms with Crippen LogP contribution in [0.5, 0.6) is 0 Å². The molecule has 0 aromatic carbocycles. The molecule has 0 spiro atoms. The fourth-order valence-corrected chi connectivity index (χ4v) is 0.313. The number of hydrogen-bond donors (Lipinski definition) is 0. The van der Waals surface area contributed by atoms with Gasteiger partial charge in [-0.25, -0.2) is 0 Å². The predicted octanol–water partition coefficient (Wildman–Crippen LogP) is 2.05. The number of pyridine rings is 1. The molecule has 0 N–H and O–H groups in total. The van der Waals surface area contributed by atoms with Gasteiger partial charge in [0.15, 0.2) is 0 Å². The number of terminal acetylenes is 1. The van der Waals surface area contributed by atoms with Crippen molar-refractivity contribution in [3.8, 4) is 11.3 Å². The van der Waals surface area contributed by atoms with Crippen LogP contribution < -0.4 is 0 Å². The van der Waals surface area contributed by atoms with Gasteiger partial charge < -0.3 is 0 Å². The van der Waals surface area contributed by atoms with Crippen LogP contribution in [0.2, 0.25) is 0 Å². The van der Waals surface area contributed by atoms with E-state index in [1.807, 2.05) is 18.2 Å². The molecule has 9 heavy (non-hydrogen) atoms. The minimum atomic E-state index is 1.75. The molecule has 1 aromatic heterocycles. The molecule has 0 aliphatic rings. The van der Waals surface area contributed by atoms with Crippen molar-refractivity contribution in [2.45, 2.75) is 0 Å². The quantitative estimate of drug-likeness (QED) is 0.562. The predicted molar refractivity (Wildman–Crippen MR) is 42.0 cm³/mol. The Balaban J connectivity index is 0.000000187. The van der Waals surface area contributed by atoms with Gasteiger partial charge in [-0.2, -0.15) is 0 Å². The molecular formula is C7H6BrN. The third kappa shape index (κ3) is 7.19. The third-order valence-electron chi connectivity index (χ3n) is 0.566. The van der Waals surface area contributed by atoms with Gasteiger partial charge in [-0.15, -0.1) is 6.42 Å². The van der Waals surface area contributed by atoms with Gasteiger partial charge in [-0.05, 0) is 17.0 Å². The van der Waals surface area contributed by atoms with Crippen molar-refractivity contribution < 1.29 is 0 Å². The maximum absolute atomic E-state index is 4.51. The highest BCUT2D eigenvalue weighted by Gasteiger charge is 1.58. The summed E-state index contributed by atoms with van der Waals surface area (Å²) in [6, 6.07) is 5.72. The molecule has 0 radical (unpaired) electrons. The Labute approximate surface area is 63.3 Å². The smallest absolute Gasteiger partial charge is 0.0267 e. The lowest BCUT2D eigenvalue weighted by atomic mass is 10.5. The third-order valence-corrected chi connectivity index (χ3v) is 0.566. The van der Waals surface area contributed by atoms with Gasteiger partial charge in [-0.1, -0.05) is 6.07 Å². The van der Waals surface area contributed by atoms with Crippen LogP contribution in [0.15, 0.2) is 30.6 Å². The summed E-state index contributed by atoms with van der Waals surface area (Å²) < 4.78 is 0. The largest absolute Gasteiger partial charge is 0.265 e.